The van der Waals surface area contributed by atoms with Gasteiger partial charge in [0, 0.05) is 10.6 Å². The van der Waals surface area contributed by atoms with Gasteiger partial charge in [0.2, 0.25) is 0 Å². The quantitative estimate of drug-likeness (QED) is 0.557. The second-order valence-electron chi connectivity index (χ2n) is 4.05. The molecule has 1 aromatic carbocycles. The molecule has 74 valence electrons. The monoisotopic (exact) mass is 206 g/mol. The van der Waals surface area contributed by atoms with Crippen molar-refractivity contribution in [1.29, 1.82) is 0 Å². The maximum absolute atomic E-state index is 5.20. The number of rotatable bonds is 3. The maximum atomic E-state index is 5.20. The average molecular weight is 206 g/mol. The molecule has 1 atom stereocenters. The predicted molar refractivity (Wildman–Crippen MR) is 58.9 cm³/mol. The minimum Gasteiger partial charge on any atom is -0.372 e. The second kappa shape index (κ2) is 3.59. The molecule has 0 N–H and O–H groups in total. The van der Waals surface area contributed by atoms with Crippen molar-refractivity contribution in [2.45, 2.75) is 30.3 Å². The molecule has 0 amide bonds. The van der Waals surface area contributed by atoms with Gasteiger partial charge in [0.15, 0.2) is 0 Å². The third kappa shape index (κ3) is 1.82. The van der Waals surface area contributed by atoms with Crippen molar-refractivity contribution in [3.05, 3.63) is 29.3 Å². The van der Waals surface area contributed by atoms with E-state index in [-0.39, 0.29) is 0 Å². The summed E-state index contributed by atoms with van der Waals surface area (Å²) in [7, 11) is 0. The van der Waals surface area contributed by atoms with Crippen LogP contribution in [0.3, 0.4) is 0 Å². The highest BCUT2D eigenvalue weighted by Crippen LogP contribution is 2.29. The van der Waals surface area contributed by atoms with Gasteiger partial charge >= 0.3 is 0 Å². The number of thioether (sulfide) groups is 1. The summed E-state index contributed by atoms with van der Waals surface area (Å²) in [5, 5.41) is 0. The smallest absolute Gasteiger partial charge is 0.0903 e. The van der Waals surface area contributed by atoms with E-state index in [1.165, 1.54) is 24.2 Å². The highest BCUT2D eigenvalue weighted by Gasteiger charge is 2.22. The Bertz CT molecular complexity index is 344. The number of benzene rings is 1. The second-order valence-corrected chi connectivity index (χ2v) is 5.14. The van der Waals surface area contributed by atoms with E-state index in [1.54, 1.807) is 11.1 Å². The summed E-state index contributed by atoms with van der Waals surface area (Å²) < 4.78 is 5.20. The molecule has 1 aromatic rings. The Hall–Kier alpha value is -0.470. The Labute approximate surface area is 88.8 Å². The molecule has 0 aromatic heterocycles. The van der Waals surface area contributed by atoms with Crippen LogP contribution in [-0.4, -0.2) is 18.5 Å². The molecular weight excluding hydrogens is 192 g/mol. The molecule has 14 heavy (non-hydrogen) atoms. The van der Waals surface area contributed by atoms with Crippen LogP contribution >= 0.6 is 11.8 Å². The molecule has 1 aliphatic carbocycles. The minimum atomic E-state index is 0.535. The van der Waals surface area contributed by atoms with Crippen molar-refractivity contribution in [3.8, 4) is 0 Å². The van der Waals surface area contributed by atoms with Crippen LogP contribution in [0.5, 0.6) is 0 Å². The summed E-state index contributed by atoms with van der Waals surface area (Å²) in [6, 6.07) is 6.94. The van der Waals surface area contributed by atoms with E-state index in [2.05, 4.69) is 18.2 Å². The predicted octanol–water partition coefficient (Wildman–Crippen LogP) is 2.67. The van der Waals surface area contributed by atoms with Crippen molar-refractivity contribution < 1.29 is 4.74 Å². The number of fused-ring (bicyclic) bond motifs is 1. The van der Waals surface area contributed by atoms with E-state index in [9.17, 15) is 0 Å². The highest BCUT2D eigenvalue weighted by molar-refractivity contribution is 7.99. The highest BCUT2D eigenvalue weighted by atomic mass is 32.2. The summed E-state index contributed by atoms with van der Waals surface area (Å²) in [5.74, 6) is 1.12. The van der Waals surface area contributed by atoms with Gasteiger partial charge in [-0.25, -0.2) is 0 Å². The van der Waals surface area contributed by atoms with Gasteiger partial charge in [0.05, 0.1) is 12.7 Å². The zero-order valence-corrected chi connectivity index (χ0v) is 8.98. The minimum absolute atomic E-state index is 0.535. The van der Waals surface area contributed by atoms with Crippen molar-refractivity contribution in [1.82, 2.24) is 0 Å². The average Bonchev–Trinajstić information content (AvgIpc) is 2.92. The van der Waals surface area contributed by atoms with Gasteiger partial charge in [0.1, 0.15) is 0 Å². The first kappa shape index (κ1) is 8.81. The Morgan fingerprint density at radius 1 is 1.29 bits per heavy atom. The first-order valence-electron chi connectivity index (χ1n) is 5.28. The van der Waals surface area contributed by atoms with E-state index in [1.807, 2.05) is 11.8 Å². The van der Waals surface area contributed by atoms with Crippen LogP contribution in [0.15, 0.2) is 23.1 Å². The Morgan fingerprint density at radius 3 is 3.00 bits per heavy atom. The van der Waals surface area contributed by atoms with Gasteiger partial charge in [-0.05, 0) is 42.5 Å². The summed E-state index contributed by atoms with van der Waals surface area (Å²) in [5.41, 5.74) is 3.14. The molecule has 1 aliphatic heterocycles. The topological polar surface area (TPSA) is 12.5 Å². The number of ether oxygens (including phenoxy) is 1. The Morgan fingerprint density at radius 2 is 2.14 bits per heavy atom. The third-order valence-corrected chi connectivity index (χ3v) is 4.03. The molecule has 2 aliphatic rings. The molecule has 0 saturated carbocycles. The van der Waals surface area contributed by atoms with E-state index >= 15 is 0 Å². The van der Waals surface area contributed by atoms with Crippen LogP contribution in [-0.2, 0) is 17.6 Å². The van der Waals surface area contributed by atoms with Crippen molar-refractivity contribution in [2.75, 3.05) is 12.4 Å². The van der Waals surface area contributed by atoms with Crippen LogP contribution in [0.2, 0.25) is 0 Å². The normalized spacial score (nSPS) is 23.6. The molecule has 1 nitrogen and oxygen atoms in total. The number of hydrogen-bond donors (Lipinski definition) is 0. The zero-order chi connectivity index (χ0) is 9.38. The van der Waals surface area contributed by atoms with Crippen molar-refractivity contribution in [3.63, 3.8) is 0 Å². The lowest BCUT2D eigenvalue weighted by molar-refractivity contribution is 0.426. The van der Waals surface area contributed by atoms with E-state index < -0.39 is 0 Å². The summed E-state index contributed by atoms with van der Waals surface area (Å²) in [6.07, 6.45) is 4.44. The zero-order valence-electron chi connectivity index (χ0n) is 8.16. The maximum Gasteiger partial charge on any atom is 0.0903 e. The molecule has 2 heteroatoms. The Balaban J connectivity index is 1.71. The fraction of sp³-hybridized carbons (Fsp3) is 0.500. The largest absolute Gasteiger partial charge is 0.372 e. The summed E-state index contributed by atoms with van der Waals surface area (Å²) in [6.45, 7) is 0.970. The SMILES string of the molecule is c1cc2c(cc1SCC1CO1)CCC2. The van der Waals surface area contributed by atoms with Crippen molar-refractivity contribution >= 4 is 11.8 Å². The molecular formula is C12H14OS. The lowest BCUT2D eigenvalue weighted by Gasteiger charge is -2.03. The summed E-state index contributed by atoms with van der Waals surface area (Å²) in [4.78, 5) is 1.42. The van der Waals surface area contributed by atoms with Gasteiger partial charge in [-0.2, -0.15) is 0 Å². The molecule has 0 radical (unpaired) electrons. The standard InChI is InChI=1S/C12H14OS/c1-2-9-4-5-12(6-10(9)3-1)14-8-11-7-13-11/h4-6,11H,1-3,7-8H2. The first-order valence-corrected chi connectivity index (χ1v) is 6.26. The van der Waals surface area contributed by atoms with Crippen molar-refractivity contribution in [2.24, 2.45) is 0 Å². The molecule has 0 spiro atoms. The van der Waals surface area contributed by atoms with Gasteiger partial charge in [0.25, 0.3) is 0 Å². The van der Waals surface area contributed by atoms with Gasteiger partial charge in [-0.15, -0.1) is 11.8 Å². The van der Waals surface area contributed by atoms with Crippen LogP contribution in [0.4, 0.5) is 0 Å². The van der Waals surface area contributed by atoms with Crippen LogP contribution in [0.1, 0.15) is 17.5 Å². The van der Waals surface area contributed by atoms with E-state index in [4.69, 9.17) is 4.74 Å². The molecule has 1 fully saturated rings. The number of epoxide rings is 1. The van der Waals surface area contributed by atoms with Crippen LogP contribution in [0.25, 0.3) is 0 Å². The lowest BCUT2D eigenvalue weighted by atomic mass is 10.1. The molecule has 1 unspecified atom stereocenters. The molecule has 1 heterocycles. The molecule has 1 saturated heterocycles. The van der Waals surface area contributed by atoms with Gasteiger partial charge in [-0.3, -0.25) is 0 Å². The third-order valence-electron chi connectivity index (χ3n) is 2.91. The number of hydrogen-bond acceptors (Lipinski definition) is 2. The summed E-state index contributed by atoms with van der Waals surface area (Å²) >= 11 is 1.93. The van der Waals surface area contributed by atoms with E-state index in [0.29, 0.717) is 6.10 Å². The molecule has 0 bridgehead atoms. The number of aryl methyl sites for hydroxylation is 2. The van der Waals surface area contributed by atoms with Gasteiger partial charge < -0.3 is 4.74 Å². The van der Waals surface area contributed by atoms with Gasteiger partial charge in [-0.1, -0.05) is 6.07 Å². The molecule has 3 rings (SSSR count). The fourth-order valence-electron chi connectivity index (χ4n) is 1.99. The Kier molecular flexibility index (Phi) is 2.26. The fourth-order valence-corrected chi connectivity index (χ4v) is 2.95. The lowest BCUT2D eigenvalue weighted by Crippen LogP contribution is -1.89. The van der Waals surface area contributed by atoms with Crippen LogP contribution in [0, 0.1) is 0 Å². The van der Waals surface area contributed by atoms with Crippen LogP contribution < -0.4 is 0 Å². The first-order chi connectivity index (χ1) is 6.92. The van der Waals surface area contributed by atoms with E-state index in [0.717, 1.165) is 12.4 Å².